The first-order chi connectivity index (χ1) is 9.30. The Labute approximate surface area is 118 Å². The van der Waals surface area contributed by atoms with Gasteiger partial charge in [-0.15, -0.1) is 0 Å². The fourth-order valence-corrected chi connectivity index (χ4v) is 2.21. The monoisotopic (exact) mass is 264 g/mol. The highest BCUT2D eigenvalue weighted by atomic mass is 16.5. The van der Waals surface area contributed by atoms with Crippen molar-refractivity contribution in [1.29, 1.82) is 0 Å². The highest BCUT2D eigenvalue weighted by Gasteiger charge is 2.03. The molecule has 0 atom stereocenters. The molecule has 0 aliphatic heterocycles. The standard InChI is InChI=1S/C16H28N2O/c1-4-9-18(10-5-2)11-12-19-16-8-6-7-15(13-16)14-17-3/h6-8,13,17H,4-5,9-12,14H2,1-3H3. The lowest BCUT2D eigenvalue weighted by molar-refractivity contribution is 0.209. The number of hydrogen-bond donors (Lipinski definition) is 1. The van der Waals surface area contributed by atoms with Gasteiger partial charge in [0.2, 0.25) is 0 Å². The summed E-state index contributed by atoms with van der Waals surface area (Å²) >= 11 is 0. The normalized spacial score (nSPS) is 10.9. The molecule has 0 radical (unpaired) electrons. The van der Waals surface area contributed by atoms with Crippen LogP contribution < -0.4 is 10.1 Å². The third-order valence-electron chi connectivity index (χ3n) is 3.04. The Balaban J connectivity index is 2.36. The number of rotatable bonds is 10. The number of ether oxygens (including phenoxy) is 1. The summed E-state index contributed by atoms with van der Waals surface area (Å²) in [6, 6.07) is 8.31. The van der Waals surface area contributed by atoms with Gasteiger partial charge in [-0.25, -0.2) is 0 Å². The molecule has 1 N–H and O–H groups in total. The van der Waals surface area contributed by atoms with Crippen LogP contribution in [-0.2, 0) is 6.54 Å². The highest BCUT2D eigenvalue weighted by Crippen LogP contribution is 2.13. The third kappa shape index (κ3) is 6.60. The number of benzene rings is 1. The van der Waals surface area contributed by atoms with E-state index < -0.39 is 0 Å². The van der Waals surface area contributed by atoms with Gasteiger partial charge in [0.05, 0.1) is 0 Å². The smallest absolute Gasteiger partial charge is 0.119 e. The van der Waals surface area contributed by atoms with Crippen LogP contribution >= 0.6 is 0 Å². The first-order valence-electron chi connectivity index (χ1n) is 7.38. The summed E-state index contributed by atoms with van der Waals surface area (Å²) in [6.45, 7) is 9.44. The van der Waals surface area contributed by atoms with Crippen LogP contribution in [0.3, 0.4) is 0 Å². The Morgan fingerprint density at radius 2 is 1.84 bits per heavy atom. The molecule has 0 saturated carbocycles. The average molecular weight is 264 g/mol. The van der Waals surface area contributed by atoms with Gasteiger partial charge in [0, 0.05) is 13.1 Å². The summed E-state index contributed by atoms with van der Waals surface area (Å²) in [7, 11) is 1.96. The van der Waals surface area contributed by atoms with Crippen LogP contribution in [-0.4, -0.2) is 38.2 Å². The molecule has 0 heterocycles. The second-order valence-electron chi connectivity index (χ2n) is 4.87. The molecule has 1 aromatic rings. The van der Waals surface area contributed by atoms with Crippen molar-refractivity contribution in [2.75, 3.05) is 33.3 Å². The summed E-state index contributed by atoms with van der Waals surface area (Å²) in [5, 5.41) is 3.16. The van der Waals surface area contributed by atoms with Gasteiger partial charge in [-0.2, -0.15) is 0 Å². The second kappa shape index (κ2) is 9.82. The fraction of sp³-hybridized carbons (Fsp3) is 0.625. The van der Waals surface area contributed by atoms with E-state index in [2.05, 4.69) is 42.3 Å². The van der Waals surface area contributed by atoms with E-state index in [0.717, 1.165) is 38.5 Å². The molecule has 0 bridgehead atoms. The van der Waals surface area contributed by atoms with Crippen molar-refractivity contribution in [3.8, 4) is 5.75 Å². The lowest BCUT2D eigenvalue weighted by Gasteiger charge is -2.20. The van der Waals surface area contributed by atoms with Gasteiger partial charge in [-0.3, -0.25) is 4.90 Å². The van der Waals surface area contributed by atoms with Crippen LogP contribution in [0.5, 0.6) is 5.75 Å². The predicted octanol–water partition coefficient (Wildman–Crippen LogP) is 2.91. The molecule has 108 valence electrons. The Kier molecular flexibility index (Phi) is 8.26. The predicted molar refractivity (Wildman–Crippen MR) is 81.7 cm³/mol. The van der Waals surface area contributed by atoms with Crippen molar-refractivity contribution in [2.45, 2.75) is 33.2 Å². The zero-order valence-electron chi connectivity index (χ0n) is 12.6. The minimum Gasteiger partial charge on any atom is -0.492 e. The molecule has 3 heteroatoms. The second-order valence-corrected chi connectivity index (χ2v) is 4.87. The summed E-state index contributed by atoms with van der Waals surface area (Å²) in [4.78, 5) is 2.47. The van der Waals surface area contributed by atoms with Crippen LogP contribution in [0.4, 0.5) is 0 Å². The quantitative estimate of drug-likeness (QED) is 0.703. The van der Waals surface area contributed by atoms with Crippen LogP contribution in [0, 0.1) is 0 Å². The summed E-state index contributed by atoms with van der Waals surface area (Å²) < 4.78 is 5.85. The Morgan fingerprint density at radius 1 is 1.11 bits per heavy atom. The van der Waals surface area contributed by atoms with Crippen molar-refractivity contribution in [3.05, 3.63) is 29.8 Å². The zero-order valence-corrected chi connectivity index (χ0v) is 12.6. The minimum atomic E-state index is 0.767. The average Bonchev–Trinajstić information content (AvgIpc) is 2.40. The molecule has 0 aliphatic rings. The molecular weight excluding hydrogens is 236 g/mol. The number of hydrogen-bond acceptors (Lipinski definition) is 3. The molecule has 1 rings (SSSR count). The van der Waals surface area contributed by atoms with Gasteiger partial charge in [-0.1, -0.05) is 26.0 Å². The molecule has 0 spiro atoms. The van der Waals surface area contributed by atoms with E-state index in [0.29, 0.717) is 0 Å². The SMILES string of the molecule is CCCN(CCC)CCOc1cccc(CNC)c1. The Bertz CT molecular complexity index is 335. The molecule has 0 amide bonds. The van der Waals surface area contributed by atoms with Crippen molar-refractivity contribution in [3.63, 3.8) is 0 Å². The molecule has 1 aromatic carbocycles. The van der Waals surface area contributed by atoms with Crippen molar-refractivity contribution in [1.82, 2.24) is 10.2 Å². The largest absolute Gasteiger partial charge is 0.492 e. The van der Waals surface area contributed by atoms with Crippen LogP contribution in [0.1, 0.15) is 32.3 Å². The third-order valence-corrected chi connectivity index (χ3v) is 3.04. The van der Waals surface area contributed by atoms with E-state index >= 15 is 0 Å². The number of nitrogens with zero attached hydrogens (tertiary/aromatic N) is 1. The van der Waals surface area contributed by atoms with Gasteiger partial charge < -0.3 is 10.1 Å². The lowest BCUT2D eigenvalue weighted by Crippen LogP contribution is -2.30. The van der Waals surface area contributed by atoms with E-state index in [1.807, 2.05) is 13.1 Å². The van der Waals surface area contributed by atoms with E-state index in [1.165, 1.54) is 18.4 Å². The van der Waals surface area contributed by atoms with Crippen molar-refractivity contribution in [2.24, 2.45) is 0 Å². The maximum Gasteiger partial charge on any atom is 0.119 e. The van der Waals surface area contributed by atoms with Crippen LogP contribution in [0.15, 0.2) is 24.3 Å². The molecule has 0 saturated heterocycles. The first-order valence-corrected chi connectivity index (χ1v) is 7.38. The zero-order chi connectivity index (χ0) is 13.9. The van der Waals surface area contributed by atoms with Gasteiger partial charge in [0.15, 0.2) is 0 Å². The maximum absolute atomic E-state index is 5.85. The van der Waals surface area contributed by atoms with Gasteiger partial charge in [-0.05, 0) is 50.7 Å². The van der Waals surface area contributed by atoms with Gasteiger partial charge >= 0.3 is 0 Å². The van der Waals surface area contributed by atoms with E-state index in [1.54, 1.807) is 0 Å². The molecule has 3 nitrogen and oxygen atoms in total. The summed E-state index contributed by atoms with van der Waals surface area (Å²) in [6.07, 6.45) is 2.41. The maximum atomic E-state index is 5.85. The van der Waals surface area contributed by atoms with Crippen molar-refractivity contribution < 1.29 is 4.74 Å². The van der Waals surface area contributed by atoms with Crippen LogP contribution in [0.25, 0.3) is 0 Å². The van der Waals surface area contributed by atoms with Crippen molar-refractivity contribution >= 4 is 0 Å². The Morgan fingerprint density at radius 3 is 2.47 bits per heavy atom. The van der Waals surface area contributed by atoms with Gasteiger partial charge in [0.25, 0.3) is 0 Å². The topological polar surface area (TPSA) is 24.5 Å². The molecule has 0 unspecified atom stereocenters. The lowest BCUT2D eigenvalue weighted by atomic mass is 10.2. The summed E-state index contributed by atoms with van der Waals surface area (Å²) in [5.41, 5.74) is 1.26. The van der Waals surface area contributed by atoms with E-state index in [-0.39, 0.29) is 0 Å². The number of nitrogens with one attached hydrogen (secondary N) is 1. The molecule has 19 heavy (non-hydrogen) atoms. The summed E-state index contributed by atoms with van der Waals surface area (Å²) in [5.74, 6) is 0.973. The molecular formula is C16H28N2O. The molecule has 0 aromatic heterocycles. The highest BCUT2D eigenvalue weighted by molar-refractivity contribution is 5.28. The first kappa shape index (κ1) is 16.0. The minimum absolute atomic E-state index is 0.767. The molecule has 0 fully saturated rings. The van der Waals surface area contributed by atoms with Crippen LogP contribution in [0.2, 0.25) is 0 Å². The fourth-order valence-electron chi connectivity index (χ4n) is 2.21. The van der Waals surface area contributed by atoms with E-state index in [9.17, 15) is 0 Å². The molecule has 0 aliphatic carbocycles. The Hall–Kier alpha value is -1.06. The van der Waals surface area contributed by atoms with E-state index in [4.69, 9.17) is 4.74 Å². The van der Waals surface area contributed by atoms with Gasteiger partial charge in [0.1, 0.15) is 12.4 Å².